The zero-order chi connectivity index (χ0) is 30.2. The molecule has 1 amide bonds. The zero-order valence-corrected chi connectivity index (χ0v) is 25.3. The van der Waals surface area contributed by atoms with Crippen molar-refractivity contribution in [2.45, 2.75) is 52.1 Å². The van der Waals surface area contributed by atoms with Crippen molar-refractivity contribution in [2.75, 3.05) is 17.2 Å². The third-order valence-electron chi connectivity index (χ3n) is 6.55. The first kappa shape index (κ1) is 32.5. The van der Waals surface area contributed by atoms with Crippen LogP contribution in [-0.4, -0.2) is 32.0 Å². The van der Waals surface area contributed by atoms with Crippen molar-refractivity contribution in [3.8, 4) is 18.7 Å². The molecule has 1 aliphatic rings. The second-order valence-electron chi connectivity index (χ2n) is 9.89. The van der Waals surface area contributed by atoms with Gasteiger partial charge >= 0.3 is 0 Å². The smallest absolute Gasteiger partial charge is 0.239 e. The second kappa shape index (κ2) is 17.7. The van der Waals surface area contributed by atoms with Gasteiger partial charge in [-0.25, -0.2) is 4.98 Å². The van der Waals surface area contributed by atoms with Crippen molar-refractivity contribution >= 4 is 40.9 Å². The molecule has 3 N–H and O–H groups in total. The van der Waals surface area contributed by atoms with Gasteiger partial charge in [0.05, 0.1) is 6.54 Å². The SMILES string of the molecule is C#C.CC1CCCCC1.O=C(CNc1cc(-n2ccnc2)nc(NCc2cccc(Cl)c2)n1)NCc1ccc(Cl)cc1. The van der Waals surface area contributed by atoms with Gasteiger partial charge in [-0.3, -0.25) is 9.36 Å². The highest BCUT2D eigenvalue weighted by Crippen LogP contribution is 2.22. The van der Waals surface area contributed by atoms with Gasteiger partial charge in [0.25, 0.3) is 0 Å². The average molecular weight is 607 g/mol. The molecule has 0 radical (unpaired) electrons. The Hall–Kier alpha value is -4.06. The van der Waals surface area contributed by atoms with Crippen molar-refractivity contribution in [3.05, 3.63) is 94.5 Å². The molecule has 0 spiro atoms. The van der Waals surface area contributed by atoms with E-state index in [0.29, 0.717) is 40.7 Å². The van der Waals surface area contributed by atoms with E-state index in [1.807, 2.05) is 36.4 Å². The molecular formula is C32H37Cl2N7O. The van der Waals surface area contributed by atoms with Gasteiger partial charge in [-0.05, 0) is 41.3 Å². The van der Waals surface area contributed by atoms with Crippen molar-refractivity contribution in [1.82, 2.24) is 24.8 Å². The summed E-state index contributed by atoms with van der Waals surface area (Å²) in [5, 5.41) is 10.4. The zero-order valence-electron chi connectivity index (χ0n) is 23.8. The lowest BCUT2D eigenvalue weighted by Gasteiger charge is -2.15. The van der Waals surface area contributed by atoms with Gasteiger partial charge in [-0.2, -0.15) is 9.97 Å². The molecule has 1 saturated carbocycles. The van der Waals surface area contributed by atoms with Crippen LogP contribution in [0.5, 0.6) is 0 Å². The lowest BCUT2D eigenvalue weighted by molar-refractivity contribution is -0.119. The standard InChI is InChI=1S/C23H21Cl2N7O.C7H14.C2H2/c24-18-6-4-16(5-7-18)12-28-22(33)14-27-20-11-21(32-9-8-26-15-32)31-23(30-20)29-13-17-2-1-3-19(25)10-17;1-7-5-3-2-4-6-7;1-2/h1-11,15H,12-14H2,(H,28,33)(H2,27,29,30,31);7H,2-6H2,1H3;1-2H. The van der Waals surface area contributed by atoms with E-state index in [4.69, 9.17) is 23.2 Å². The minimum atomic E-state index is -0.166. The highest BCUT2D eigenvalue weighted by atomic mass is 35.5. The topological polar surface area (TPSA) is 96.8 Å². The summed E-state index contributed by atoms with van der Waals surface area (Å²) >= 11 is 12.0. The first-order valence-electron chi connectivity index (χ1n) is 13.9. The predicted octanol–water partition coefficient (Wildman–Crippen LogP) is 7.15. The number of anilines is 2. The van der Waals surface area contributed by atoms with Crippen molar-refractivity contribution in [2.24, 2.45) is 5.92 Å². The monoisotopic (exact) mass is 605 g/mol. The number of hydrogen-bond donors (Lipinski definition) is 3. The van der Waals surface area contributed by atoms with E-state index in [-0.39, 0.29) is 12.5 Å². The molecule has 1 fully saturated rings. The van der Waals surface area contributed by atoms with Crippen molar-refractivity contribution in [1.29, 1.82) is 0 Å². The van der Waals surface area contributed by atoms with Crippen LogP contribution in [0.2, 0.25) is 10.0 Å². The number of terminal acetylenes is 1. The number of amides is 1. The second-order valence-corrected chi connectivity index (χ2v) is 10.8. The van der Waals surface area contributed by atoms with Crippen LogP contribution in [0.15, 0.2) is 73.3 Å². The summed E-state index contributed by atoms with van der Waals surface area (Å²) in [7, 11) is 0. The van der Waals surface area contributed by atoms with E-state index in [1.54, 1.807) is 41.5 Å². The maximum Gasteiger partial charge on any atom is 0.239 e. The van der Waals surface area contributed by atoms with Gasteiger partial charge in [0.2, 0.25) is 11.9 Å². The van der Waals surface area contributed by atoms with E-state index >= 15 is 0 Å². The van der Waals surface area contributed by atoms with Crippen LogP contribution in [0.25, 0.3) is 5.82 Å². The summed E-state index contributed by atoms with van der Waals surface area (Å²) < 4.78 is 1.76. The van der Waals surface area contributed by atoms with Gasteiger partial charge in [0.1, 0.15) is 18.0 Å². The fourth-order valence-corrected chi connectivity index (χ4v) is 4.64. The lowest BCUT2D eigenvalue weighted by Crippen LogP contribution is -2.29. The fraction of sp³-hybridized carbons (Fsp3) is 0.312. The maximum atomic E-state index is 12.3. The van der Waals surface area contributed by atoms with Gasteiger partial charge in [-0.1, -0.05) is 86.5 Å². The largest absolute Gasteiger partial charge is 0.361 e. The van der Waals surface area contributed by atoms with E-state index in [1.165, 1.54) is 32.1 Å². The number of hydrogen-bond acceptors (Lipinski definition) is 6. The first-order chi connectivity index (χ1) is 20.4. The van der Waals surface area contributed by atoms with Crippen molar-refractivity contribution < 1.29 is 4.79 Å². The van der Waals surface area contributed by atoms with Crippen LogP contribution in [0.4, 0.5) is 11.8 Å². The number of carbonyl (C=O) groups is 1. The quantitative estimate of drug-likeness (QED) is 0.175. The molecule has 2 heterocycles. The third-order valence-corrected chi connectivity index (χ3v) is 7.04. The molecule has 10 heteroatoms. The molecule has 220 valence electrons. The minimum Gasteiger partial charge on any atom is -0.361 e. The summed E-state index contributed by atoms with van der Waals surface area (Å²) in [6, 6.07) is 16.6. The molecule has 0 aliphatic heterocycles. The van der Waals surface area contributed by atoms with Crippen LogP contribution >= 0.6 is 23.2 Å². The highest BCUT2D eigenvalue weighted by Gasteiger charge is 2.09. The minimum absolute atomic E-state index is 0.0572. The summed E-state index contributed by atoms with van der Waals surface area (Å²) in [5.41, 5.74) is 1.96. The van der Waals surface area contributed by atoms with Gasteiger partial charge < -0.3 is 16.0 Å². The predicted molar refractivity (Wildman–Crippen MR) is 172 cm³/mol. The van der Waals surface area contributed by atoms with Gasteiger partial charge in [0.15, 0.2) is 0 Å². The highest BCUT2D eigenvalue weighted by molar-refractivity contribution is 6.30. The van der Waals surface area contributed by atoms with Gasteiger partial charge in [-0.15, -0.1) is 12.8 Å². The summed E-state index contributed by atoms with van der Waals surface area (Å²) in [6.07, 6.45) is 20.5. The Morgan fingerprint density at radius 3 is 2.33 bits per heavy atom. The number of halogens is 2. The molecule has 0 atom stereocenters. The molecule has 2 aromatic carbocycles. The third kappa shape index (κ3) is 11.4. The number of carbonyl (C=O) groups excluding carboxylic acids is 1. The lowest BCUT2D eigenvalue weighted by atomic mass is 9.91. The Bertz CT molecular complexity index is 1390. The Kier molecular flexibility index (Phi) is 13.7. The van der Waals surface area contributed by atoms with Crippen LogP contribution in [-0.2, 0) is 17.9 Å². The number of aromatic nitrogens is 4. The average Bonchev–Trinajstić information content (AvgIpc) is 3.56. The van der Waals surface area contributed by atoms with Crippen LogP contribution < -0.4 is 16.0 Å². The number of rotatable bonds is 9. The molecule has 2 aromatic heterocycles. The Labute approximate surface area is 258 Å². The Morgan fingerprint density at radius 1 is 0.929 bits per heavy atom. The number of nitrogens with zero attached hydrogens (tertiary/aromatic N) is 4. The fourth-order valence-electron chi connectivity index (χ4n) is 4.30. The molecule has 0 saturated heterocycles. The first-order valence-corrected chi connectivity index (χ1v) is 14.6. The molecule has 0 unspecified atom stereocenters. The van der Waals surface area contributed by atoms with Crippen LogP contribution in [0.3, 0.4) is 0 Å². The number of benzene rings is 2. The summed E-state index contributed by atoms with van der Waals surface area (Å²) in [4.78, 5) is 25.4. The Balaban J connectivity index is 0.000000465. The van der Waals surface area contributed by atoms with Crippen LogP contribution in [0, 0.1) is 18.8 Å². The molecule has 4 aromatic rings. The van der Waals surface area contributed by atoms with Crippen molar-refractivity contribution in [3.63, 3.8) is 0 Å². The van der Waals surface area contributed by atoms with Crippen LogP contribution in [0.1, 0.15) is 50.2 Å². The van der Waals surface area contributed by atoms with E-state index in [2.05, 4.69) is 50.7 Å². The molecular weight excluding hydrogens is 569 g/mol. The molecule has 8 nitrogen and oxygen atoms in total. The molecule has 1 aliphatic carbocycles. The van der Waals surface area contributed by atoms with Gasteiger partial charge in [0, 0.05) is 41.6 Å². The molecule has 42 heavy (non-hydrogen) atoms. The number of nitrogens with one attached hydrogen (secondary N) is 3. The summed E-state index contributed by atoms with van der Waals surface area (Å²) in [6.45, 7) is 3.32. The molecule has 0 bridgehead atoms. The summed E-state index contributed by atoms with van der Waals surface area (Å²) in [5.74, 6) is 2.39. The number of imidazole rings is 1. The van der Waals surface area contributed by atoms with E-state index < -0.39 is 0 Å². The molecule has 5 rings (SSSR count). The Morgan fingerprint density at radius 2 is 1.69 bits per heavy atom. The normalized spacial score (nSPS) is 12.6. The maximum absolute atomic E-state index is 12.3. The van der Waals surface area contributed by atoms with E-state index in [9.17, 15) is 4.79 Å². The van der Waals surface area contributed by atoms with E-state index in [0.717, 1.165) is 17.0 Å².